The lowest BCUT2D eigenvalue weighted by Crippen LogP contribution is -2.19. The molecule has 2 nitrogen and oxygen atoms in total. The number of hydrogen-bond acceptors (Lipinski definition) is 2. The fourth-order valence-electron chi connectivity index (χ4n) is 2.85. The number of aromatic nitrogens is 2. The Bertz CT molecular complexity index is 473. The first-order chi connectivity index (χ1) is 8.49. The van der Waals surface area contributed by atoms with Crippen LogP contribution in [-0.2, 0) is 0 Å². The molecule has 0 radical (unpaired) electrons. The van der Waals surface area contributed by atoms with Crippen molar-refractivity contribution in [3.63, 3.8) is 0 Å². The summed E-state index contributed by atoms with van der Waals surface area (Å²) < 4.78 is 1.62. The summed E-state index contributed by atoms with van der Waals surface area (Å²) in [4.78, 5) is 7.95. The van der Waals surface area contributed by atoms with Gasteiger partial charge in [-0.2, -0.15) is 0 Å². The Labute approximate surface area is 123 Å². The Morgan fingerprint density at radius 2 is 1.89 bits per heavy atom. The van der Waals surface area contributed by atoms with Crippen molar-refractivity contribution >= 4 is 28.1 Å². The number of nitrogens with zero attached hydrogens (tertiary/aromatic N) is 1. The molecule has 1 saturated carbocycles. The van der Waals surface area contributed by atoms with Crippen molar-refractivity contribution in [3.05, 3.63) is 20.6 Å². The van der Waals surface area contributed by atoms with Crippen LogP contribution < -0.4 is 0 Å². The molecule has 1 N–H and O–H groups in total. The fourth-order valence-corrected chi connectivity index (χ4v) is 3.29. The maximum absolute atomic E-state index is 5.28. The topological polar surface area (TPSA) is 28.7 Å². The lowest BCUT2D eigenvalue weighted by Gasteiger charge is -2.30. The van der Waals surface area contributed by atoms with E-state index in [4.69, 9.17) is 12.2 Å². The second kappa shape index (κ2) is 5.83. The molecular formula is C14H21BrN2S. The van der Waals surface area contributed by atoms with E-state index in [1.54, 1.807) is 0 Å². The highest BCUT2D eigenvalue weighted by Crippen LogP contribution is 2.37. The Morgan fingerprint density at radius 1 is 1.28 bits per heavy atom. The summed E-state index contributed by atoms with van der Waals surface area (Å²) in [6, 6.07) is 0. The minimum Gasteiger partial charge on any atom is -0.346 e. The summed E-state index contributed by atoms with van der Waals surface area (Å²) in [6.07, 6.45) is 5.11. The quantitative estimate of drug-likeness (QED) is 0.761. The van der Waals surface area contributed by atoms with Crippen LogP contribution in [0.3, 0.4) is 0 Å². The zero-order valence-corrected chi connectivity index (χ0v) is 13.7. The van der Waals surface area contributed by atoms with Gasteiger partial charge in [0, 0.05) is 11.6 Å². The molecule has 1 heterocycles. The van der Waals surface area contributed by atoms with E-state index in [1.807, 2.05) is 6.92 Å². The van der Waals surface area contributed by atoms with Crippen LogP contribution in [0, 0.1) is 23.4 Å². The van der Waals surface area contributed by atoms with Gasteiger partial charge in [0.1, 0.15) is 10.5 Å². The molecular weight excluding hydrogens is 308 g/mol. The van der Waals surface area contributed by atoms with Gasteiger partial charge in [-0.1, -0.05) is 26.1 Å². The van der Waals surface area contributed by atoms with E-state index in [2.05, 4.69) is 39.7 Å². The molecule has 0 spiro atoms. The zero-order valence-electron chi connectivity index (χ0n) is 11.3. The molecule has 0 aliphatic heterocycles. The summed E-state index contributed by atoms with van der Waals surface area (Å²) in [5.41, 5.74) is 1.09. The number of H-pyrrole nitrogens is 1. The number of aromatic amines is 1. The molecule has 0 saturated heterocycles. The third-order valence-electron chi connectivity index (χ3n) is 4.16. The van der Waals surface area contributed by atoms with Crippen LogP contribution in [-0.4, -0.2) is 9.97 Å². The van der Waals surface area contributed by atoms with Gasteiger partial charge in [0.15, 0.2) is 0 Å². The average molecular weight is 329 g/mol. The van der Waals surface area contributed by atoms with Gasteiger partial charge in [0.25, 0.3) is 0 Å². The van der Waals surface area contributed by atoms with E-state index in [-0.39, 0.29) is 0 Å². The molecule has 4 heteroatoms. The van der Waals surface area contributed by atoms with Gasteiger partial charge < -0.3 is 4.98 Å². The number of halogens is 1. The van der Waals surface area contributed by atoms with E-state index in [0.29, 0.717) is 10.6 Å². The van der Waals surface area contributed by atoms with Crippen LogP contribution >= 0.6 is 28.1 Å². The van der Waals surface area contributed by atoms with Gasteiger partial charge in [-0.15, -0.1) is 0 Å². The number of nitrogens with one attached hydrogen (secondary N) is 1. The minimum absolute atomic E-state index is 0.563. The Balaban J connectivity index is 2.13. The van der Waals surface area contributed by atoms with Gasteiger partial charge in [-0.3, -0.25) is 0 Å². The smallest absolute Gasteiger partial charge is 0.144 e. The minimum atomic E-state index is 0.563. The number of hydrogen-bond donors (Lipinski definition) is 1. The van der Waals surface area contributed by atoms with Gasteiger partial charge in [0.05, 0.1) is 4.47 Å². The predicted molar refractivity (Wildman–Crippen MR) is 81.4 cm³/mol. The summed E-state index contributed by atoms with van der Waals surface area (Å²) in [5, 5.41) is 0. The molecule has 1 aliphatic rings. The van der Waals surface area contributed by atoms with Crippen LogP contribution in [0.4, 0.5) is 0 Å². The largest absolute Gasteiger partial charge is 0.346 e. The van der Waals surface area contributed by atoms with Crippen molar-refractivity contribution in [3.8, 4) is 0 Å². The van der Waals surface area contributed by atoms with E-state index in [1.165, 1.54) is 25.7 Å². The van der Waals surface area contributed by atoms with E-state index in [0.717, 1.165) is 27.8 Å². The molecule has 100 valence electrons. The van der Waals surface area contributed by atoms with Crippen molar-refractivity contribution < 1.29 is 0 Å². The van der Waals surface area contributed by atoms with Crippen LogP contribution in [0.5, 0.6) is 0 Å². The van der Waals surface area contributed by atoms with Crippen LogP contribution in [0.25, 0.3) is 0 Å². The van der Waals surface area contributed by atoms with E-state index >= 15 is 0 Å². The van der Waals surface area contributed by atoms with Crippen molar-refractivity contribution in [1.82, 2.24) is 9.97 Å². The van der Waals surface area contributed by atoms with Gasteiger partial charge in [-0.25, -0.2) is 4.98 Å². The third-order valence-corrected chi connectivity index (χ3v) is 5.68. The summed E-state index contributed by atoms with van der Waals surface area (Å²) >= 11 is 8.75. The maximum atomic E-state index is 5.28. The fraction of sp³-hybridized carbons (Fsp3) is 0.714. The van der Waals surface area contributed by atoms with Crippen molar-refractivity contribution in [2.45, 2.75) is 52.4 Å². The molecule has 0 bridgehead atoms. The number of rotatable bonds is 2. The van der Waals surface area contributed by atoms with Crippen LogP contribution in [0.2, 0.25) is 0 Å². The van der Waals surface area contributed by atoms with Crippen molar-refractivity contribution in [1.29, 1.82) is 0 Å². The van der Waals surface area contributed by atoms with Crippen LogP contribution in [0.15, 0.2) is 4.47 Å². The Hall–Kier alpha value is -0.220. The Kier molecular flexibility index (Phi) is 4.59. The lowest BCUT2D eigenvalue weighted by atomic mass is 9.77. The second-order valence-electron chi connectivity index (χ2n) is 5.72. The zero-order chi connectivity index (χ0) is 13.3. The first-order valence-corrected chi connectivity index (χ1v) is 7.95. The standard InChI is InChI=1S/C14H21BrN2S/c1-8(2)10-4-6-11(7-5-10)13-16-9(3)12(15)14(18)17-13/h8,10-11H,4-7H2,1-3H3,(H,16,17,18). The molecule has 0 aromatic carbocycles. The predicted octanol–water partition coefficient (Wildman–Crippen LogP) is 5.14. The number of aryl methyl sites for hydroxylation is 1. The normalized spacial score (nSPS) is 24.5. The first kappa shape index (κ1) is 14.2. The van der Waals surface area contributed by atoms with Crippen molar-refractivity contribution in [2.75, 3.05) is 0 Å². The maximum Gasteiger partial charge on any atom is 0.144 e. The van der Waals surface area contributed by atoms with Crippen LogP contribution in [0.1, 0.15) is 57.0 Å². The molecule has 1 aliphatic carbocycles. The lowest BCUT2D eigenvalue weighted by molar-refractivity contribution is 0.254. The molecule has 0 unspecified atom stereocenters. The molecule has 1 aromatic rings. The SMILES string of the molecule is Cc1[nH]c(C2CCC(C(C)C)CC2)nc(=S)c1Br. The first-order valence-electron chi connectivity index (χ1n) is 6.75. The van der Waals surface area contributed by atoms with E-state index in [9.17, 15) is 0 Å². The van der Waals surface area contributed by atoms with Gasteiger partial charge in [-0.05, 0) is 60.4 Å². The highest BCUT2D eigenvalue weighted by molar-refractivity contribution is 9.10. The highest BCUT2D eigenvalue weighted by Gasteiger charge is 2.25. The summed E-state index contributed by atoms with van der Waals surface area (Å²) in [6.45, 7) is 6.71. The van der Waals surface area contributed by atoms with Gasteiger partial charge in [0.2, 0.25) is 0 Å². The molecule has 1 aromatic heterocycles. The monoisotopic (exact) mass is 328 g/mol. The highest BCUT2D eigenvalue weighted by atomic mass is 79.9. The van der Waals surface area contributed by atoms with Crippen molar-refractivity contribution in [2.24, 2.45) is 11.8 Å². The average Bonchev–Trinajstić information content (AvgIpc) is 2.35. The summed E-state index contributed by atoms with van der Waals surface area (Å²) in [5.74, 6) is 3.35. The van der Waals surface area contributed by atoms with Gasteiger partial charge >= 0.3 is 0 Å². The van der Waals surface area contributed by atoms with E-state index < -0.39 is 0 Å². The Morgan fingerprint density at radius 3 is 2.39 bits per heavy atom. The molecule has 0 amide bonds. The summed E-state index contributed by atoms with van der Waals surface area (Å²) in [7, 11) is 0. The molecule has 18 heavy (non-hydrogen) atoms. The molecule has 2 rings (SSSR count). The molecule has 0 atom stereocenters. The third kappa shape index (κ3) is 3.02. The second-order valence-corrected chi connectivity index (χ2v) is 6.90. The molecule has 1 fully saturated rings.